The van der Waals surface area contributed by atoms with Crippen LogP contribution in [0, 0.1) is 5.92 Å². The summed E-state index contributed by atoms with van der Waals surface area (Å²) in [4.78, 5) is 12.0. The van der Waals surface area contributed by atoms with Gasteiger partial charge in [0.1, 0.15) is 5.76 Å². The number of hydrogen-bond acceptors (Lipinski definition) is 3. The number of carbonyl (C=O) groups excluding carboxylic acids is 1. The molecule has 0 aromatic carbocycles. The SMILES string of the molecule is CCC(CN)C(=O)NC1CCCc2occc21. The maximum absolute atomic E-state index is 12.0. The van der Waals surface area contributed by atoms with Gasteiger partial charge in [-0.15, -0.1) is 0 Å². The van der Waals surface area contributed by atoms with Gasteiger partial charge in [0.15, 0.2) is 0 Å². The molecule has 1 aromatic heterocycles. The minimum absolute atomic E-state index is 0.0639. The van der Waals surface area contributed by atoms with Gasteiger partial charge in [0, 0.05) is 24.4 Å². The van der Waals surface area contributed by atoms with Gasteiger partial charge in [-0.1, -0.05) is 6.92 Å². The van der Waals surface area contributed by atoms with Crippen LogP contribution in [0.25, 0.3) is 0 Å². The monoisotopic (exact) mass is 236 g/mol. The molecule has 0 spiro atoms. The Morgan fingerprint density at radius 3 is 3.24 bits per heavy atom. The molecule has 1 aliphatic carbocycles. The summed E-state index contributed by atoms with van der Waals surface area (Å²) in [5, 5.41) is 3.08. The minimum Gasteiger partial charge on any atom is -0.469 e. The Kier molecular flexibility index (Phi) is 3.84. The standard InChI is InChI=1S/C13H20N2O2/c1-2-9(8-14)13(16)15-11-4-3-5-12-10(11)6-7-17-12/h6-7,9,11H,2-5,8,14H2,1H3,(H,15,16). The van der Waals surface area contributed by atoms with Gasteiger partial charge in [-0.05, 0) is 25.3 Å². The largest absolute Gasteiger partial charge is 0.469 e. The second kappa shape index (κ2) is 5.36. The van der Waals surface area contributed by atoms with Gasteiger partial charge in [0.25, 0.3) is 0 Å². The van der Waals surface area contributed by atoms with Crippen LogP contribution in [-0.4, -0.2) is 12.5 Å². The van der Waals surface area contributed by atoms with E-state index < -0.39 is 0 Å². The van der Waals surface area contributed by atoms with Crippen LogP contribution in [0.1, 0.15) is 43.6 Å². The number of nitrogens with one attached hydrogen (secondary N) is 1. The summed E-state index contributed by atoms with van der Waals surface area (Å²) in [6.45, 7) is 2.40. The van der Waals surface area contributed by atoms with Gasteiger partial charge in [-0.2, -0.15) is 0 Å². The lowest BCUT2D eigenvalue weighted by molar-refractivity contribution is -0.125. The van der Waals surface area contributed by atoms with Gasteiger partial charge < -0.3 is 15.5 Å². The first-order valence-electron chi connectivity index (χ1n) is 6.33. The normalized spacial score (nSPS) is 20.7. The fourth-order valence-corrected chi connectivity index (χ4v) is 2.39. The van der Waals surface area contributed by atoms with Crippen LogP contribution in [0.2, 0.25) is 0 Å². The highest BCUT2D eigenvalue weighted by Gasteiger charge is 2.25. The van der Waals surface area contributed by atoms with Crippen molar-refractivity contribution in [1.29, 1.82) is 0 Å². The van der Waals surface area contributed by atoms with Crippen molar-refractivity contribution in [2.75, 3.05) is 6.54 Å². The molecule has 0 saturated heterocycles. The number of rotatable bonds is 4. The van der Waals surface area contributed by atoms with E-state index in [1.165, 1.54) is 0 Å². The van der Waals surface area contributed by atoms with E-state index >= 15 is 0 Å². The third-order valence-corrected chi connectivity index (χ3v) is 3.52. The van der Waals surface area contributed by atoms with E-state index in [-0.39, 0.29) is 17.9 Å². The maximum atomic E-state index is 12.0. The molecule has 2 unspecified atom stereocenters. The fraction of sp³-hybridized carbons (Fsp3) is 0.615. The molecule has 4 nitrogen and oxygen atoms in total. The van der Waals surface area contributed by atoms with Crippen molar-refractivity contribution in [3.05, 3.63) is 23.7 Å². The molecule has 4 heteroatoms. The molecular weight excluding hydrogens is 216 g/mol. The van der Waals surface area contributed by atoms with Crippen LogP contribution in [0.4, 0.5) is 0 Å². The van der Waals surface area contributed by atoms with Crippen LogP contribution >= 0.6 is 0 Å². The lowest BCUT2D eigenvalue weighted by atomic mass is 9.92. The molecule has 2 rings (SSSR count). The Balaban J connectivity index is 2.04. The predicted molar refractivity (Wildman–Crippen MR) is 65.4 cm³/mol. The first kappa shape index (κ1) is 12.2. The highest BCUT2D eigenvalue weighted by atomic mass is 16.3. The molecule has 0 fully saturated rings. The third kappa shape index (κ3) is 2.52. The van der Waals surface area contributed by atoms with Crippen LogP contribution < -0.4 is 11.1 Å². The average molecular weight is 236 g/mol. The molecule has 1 amide bonds. The summed E-state index contributed by atoms with van der Waals surface area (Å²) in [7, 11) is 0. The Bertz CT molecular complexity index is 383. The zero-order valence-electron chi connectivity index (χ0n) is 10.2. The molecular formula is C13H20N2O2. The fourth-order valence-electron chi connectivity index (χ4n) is 2.39. The van der Waals surface area contributed by atoms with Crippen LogP contribution in [-0.2, 0) is 11.2 Å². The summed E-state index contributed by atoms with van der Waals surface area (Å²) in [6, 6.07) is 2.06. The van der Waals surface area contributed by atoms with E-state index in [0.29, 0.717) is 6.54 Å². The van der Waals surface area contributed by atoms with E-state index in [9.17, 15) is 4.79 Å². The minimum atomic E-state index is -0.0766. The molecule has 1 aliphatic rings. The Morgan fingerprint density at radius 2 is 2.53 bits per heavy atom. The third-order valence-electron chi connectivity index (χ3n) is 3.52. The Hall–Kier alpha value is -1.29. The maximum Gasteiger partial charge on any atom is 0.224 e. The van der Waals surface area contributed by atoms with Gasteiger partial charge in [0.2, 0.25) is 5.91 Å². The zero-order valence-corrected chi connectivity index (χ0v) is 10.2. The van der Waals surface area contributed by atoms with E-state index in [1.54, 1.807) is 6.26 Å². The second-order valence-electron chi connectivity index (χ2n) is 4.59. The second-order valence-corrected chi connectivity index (χ2v) is 4.59. The van der Waals surface area contributed by atoms with E-state index in [1.807, 2.05) is 13.0 Å². The molecule has 94 valence electrons. The van der Waals surface area contributed by atoms with Crippen molar-refractivity contribution >= 4 is 5.91 Å². The van der Waals surface area contributed by atoms with Gasteiger partial charge in [-0.3, -0.25) is 4.79 Å². The van der Waals surface area contributed by atoms with Gasteiger partial charge in [0.05, 0.1) is 12.3 Å². The van der Waals surface area contributed by atoms with Crippen molar-refractivity contribution in [2.45, 2.75) is 38.6 Å². The van der Waals surface area contributed by atoms with Crippen molar-refractivity contribution < 1.29 is 9.21 Å². The molecule has 0 radical (unpaired) electrons. The number of nitrogens with two attached hydrogens (primary N) is 1. The Morgan fingerprint density at radius 1 is 1.71 bits per heavy atom. The number of furan rings is 1. The number of amides is 1. The first-order valence-corrected chi connectivity index (χ1v) is 6.33. The van der Waals surface area contributed by atoms with E-state index in [2.05, 4.69) is 5.32 Å². The summed E-state index contributed by atoms with van der Waals surface area (Å²) in [5.74, 6) is 1.00. The molecule has 1 aromatic rings. The molecule has 0 bridgehead atoms. The topological polar surface area (TPSA) is 68.3 Å². The summed E-state index contributed by atoms with van der Waals surface area (Å²) in [5.41, 5.74) is 6.72. The van der Waals surface area contributed by atoms with Crippen LogP contribution in [0.3, 0.4) is 0 Å². The molecule has 2 atom stereocenters. The smallest absolute Gasteiger partial charge is 0.224 e. The summed E-state index contributed by atoms with van der Waals surface area (Å²) in [6.07, 6.45) is 5.51. The van der Waals surface area contributed by atoms with Crippen LogP contribution in [0.5, 0.6) is 0 Å². The average Bonchev–Trinajstić information content (AvgIpc) is 2.80. The number of aryl methyl sites for hydroxylation is 1. The van der Waals surface area contributed by atoms with Gasteiger partial charge in [-0.25, -0.2) is 0 Å². The van der Waals surface area contributed by atoms with Crippen LogP contribution in [0.15, 0.2) is 16.7 Å². The number of fused-ring (bicyclic) bond motifs is 1. The zero-order chi connectivity index (χ0) is 12.3. The summed E-state index contributed by atoms with van der Waals surface area (Å²) < 4.78 is 5.40. The molecule has 17 heavy (non-hydrogen) atoms. The van der Waals surface area contributed by atoms with Gasteiger partial charge >= 0.3 is 0 Å². The quantitative estimate of drug-likeness (QED) is 0.837. The van der Waals surface area contributed by atoms with E-state index in [4.69, 9.17) is 10.2 Å². The lowest BCUT2D eigenvalue weighted by Gasteiger charge is -2.24. The molecule has 0 aliphatic heterocycles. The van der Waals surface area contributed by atoms with E-state index in [0.717, 1.165) is 37.0 Å². The van der Waals surface area contributed by atoms with Crippen molar-refractivity contribution in [1.82, 2.24) is 5.32 Å². The Labute approximate surface area is 102 Å². The highest BCUT2D eigenvalue weighted by molar-refractivity contribution is 5.79. The van der Waals surface area contributed by atoms with Crippen molar-refractivity contribution in [3.63, 3.8) is 0 Å². The van der Waals surface area contributed by atoms with Crippen molar-refractivity contribution in [3.8, 4) is 0 Å². The summed E-state index contributed by atoms with van der Waals surface area (Å²) >= 11 is 0. The highest BCUT2D eigenvalue weighted by Crippen LogP contribution is 2.30. The molecule has 0 saturated carbocycles. The first-order chi connectivity index (χ1) is 8.26. The van der Waals surface area contributed by atoms with Crippen molar-refractivity contribution in [2.24, 2.45) is 11.7 Å². The number of carbonyl (C=O) groups is 1. The molecule has 3 N–H and O–H groups in total. The molecule has 1 heterocycles. The lowest BCUT2D eigenvalue weighted by Crippen LogP contribution is -2.38. The predicted octanol–water partition coefficient (Wildman–Crippen LogP) is 1.76. The number of hydrogen-bond donors (Lipinski definition) is 2.